The molecule has 1 amide bonds. The molecule has 0 radical (unpaired) electrons. The van der Waals surface area contributed by atoms with E-state index in [-0.39, 0.29) is 28.6 Å². The zero-order chi connectivity index (χ0) is 17.5. The monoisotopic (exact) mass is 349 g/mol. The molecule has 1 aliphatic rings. The standard InChI is InChI=1S/C15H15N3O5S/c1-24(21,22)13-5-3-2-4-12(13)23-10-6-9-7-11(16)15(19)18(20)14(9)17-8-10/h2-6,8,11,20H,7,16H2,1H3/t11-/m0/s1. The summed E-state index contributed by atoms with van der Waals surface area (Å²) >= 11 is 0. The number of pyridine rings is 1. The summed E-state index contributed by atoms with van der Waals surface area (Å²) in [6.07, 6.45) is 2.59. The Balaban J connectivity index is 1.97. The molecule has 1 atom stereocenters. The number of anilines is 1. The van der Waals surface area contributed by atoms with Gasteiger partial charge in [-0.05, 0) is 18.2 Å². The number of sulfone groups is 1. The van der Waals surface area contributed by atoms with Crippen molar-refractivity contribution in [1.82, 2.24) is 4.98 Å². The van der Waals surface area contributed by atoms with Gasteiger partial charge >= 0.3 is 0 Å². The lowest BCUT2D eigenvalue weighted by molar-refractivity contribution is -0.125. The van der Waals surface area contributed by atoms with Gasteiger partial charge in [-0.3, -0.25) is 10.0 Å². The van der Waals surface area contributed by atoms with Crippen LogP contribution in [0.1, 0.15) is 5.56 Å². The van der Waals surface area contributed by atoms with Crippen molar-refractivity contribution >= 4 is 21.6 Å². The van der Waals surface area contributed by atoms with Crippen molar-refractivity contribution in [2.45, 2.75) is 17.4 Å². The van der Waals surface area contributed by atoms with Gasteiger partial charge in [0.2, 0.25) is 0 Å². The maximum Gasteiger partial charge on any atom is 0.269 e. The molecule has 126 valence electrons. The molecule has 1 aromatic heterocycles. The highest BCUT2D eigenvalue weighted by Crippen LogP contribution is 2.32. The zero-order valence-electron chi connectivity index (χ0n) is 12.7. The minimum atomic E-state index is -3.45. The third-order valence-corrected chi connectivity index (χ3v) is 4.70. The fraction of sp³-hybridized carbons (Fsp3) is 0.200. The molecule has 1 aliphatic heterocycles. The molecule has 0 bridgehead atoms. The maximum absolute atomic E-state index is 11.8. The van der Waals surface area contributed by atoms with Crippen LogP contribution in [-0.4, -0.2) is 36.8 Å². The van der Waals surface area contributed by atoms with Crippen LogP contribution in [0.5, 0.6) is 11.5 Å². The van der Waals surface area contributed by atoms with Crippen molar-refractivity contribution in [2.75, 3.05) is 11.3 Å². The molecular weight excluding hydrogens is 334 g/mol. The average molecular weight is 349 g/mol. The van der Waals surface area contributed by atoms with Gasteiger partial charge in [-0.15, -0.1) is 0 Å². The van der Waals surface area contributed by atoms with E-state index in [1.165, 1.54) is 18.3 Å². The predicted octanol–water partition coefficient (Wildman–Crippen LogP) is 0.883. The van der Waals surface area contributed by atoms with Crippen molar-refractivity contribution in [3.8, 4) is 11.5 Å². The summed E-state index contributed by atoms with van der Waals surface area (Å²) in [5, 5.41) is 10.2. The van der Waals surface area contributed by atoms with E-state index in [0.29, 0.717) is 10.6 Å². The molecule has 3 rings (SSSR count). The predicted molar refractivity (Wildman–Crippen MR) is 84.8 cm³/mol. The summed E-state index contributed by atoms with van der Waals surface area (Å²) in [6.45, 7) is 0. The first-order valence-corrected chi connectivity index (χ1v) is 8.91. The minimum absolute atomic E-state index is 0.0541. The van der Waals surface area contributed by atoms with Crippen LogP contribution in [0, 0.1) is 0 Å². The number of nitrogens with zero attached hydrogens (tertiary/aromatic N) is 2. The van der Waals surface area contributed by atoms with E-state index in [9.17, 15) is 18.4 Å². The second kappa shape index (κ2) is 5.86. The third kappa shape index (κ3) is 2.96. The molecule has 2 heterocycles. The van der Waals surface area contributed by atoms with Crippen molar-refractivity contribution in [3.05, 3.63) is 42.1 Å². The van der Waals surface area contributed by atoms with Crippen LogP contribution in [0.2, 0.25) is 0 Å². The van der Waals surface area contributed by atoms with Gasteiger partial charge in [0.15, 0.2) is 15.7 Å². The average Bonchev–Trinajstić information content (AvgIpc) is 2.52. The number of hydrogen-bond donors (Lipinski definition) is 2. The van der Waals surface area contributed by atoms with Crippen LogP contribution < -0.4 is 15.5 Å². The van der Waals surface area contributed by atoms with Crippen molar-refractivity contribution < 1.29 is 23.2 Å². The van der Waals surface area contributed by atoms with Crippen molar-refractivity contribution in [1.29, 1.82) is 0 Å². The molecule has 0 spiro atoms. The first-order valence-electron chi connectivity index (χ1n) is 7.01. The van der Waals surface area contributed by atoms with Crippen LogP contribution in [0.4, 0.5) is 5.82 Å². The molecule has 0 saturated carbocycles. The highest BCUT2D eigenvalue weighted by atomic mass is 32.2. The molecule has 24 heavy (non-hydrogen) atoms. The van der Waals surface area contributed by atoms with E-state index >= 15 is 0 Å². The Labute approximate surface area is 138 Å². The summed E-state index contributed by atoms with van der Waals surface area (Å²) in [6, 6.07) is 6.92. The molecule has 9 heteroatoms. The quantitative estimate of drug-likeness (QED) is 0.789. The SMILES string of the molecule is CS(=O)(=O)c1ccccc1Oc1cnc2c(c1)C[C@H](N)C(=O)N2O. The molecule has 8 nitrogen and oxygen atoms in total. The number of ether oxygens (including phenoxy) is 1. The normalized spacial score (nSPS) is 17.5. The van der Waals surface area contributed by atoms with Crippen LogP contribution >= 0.6 is 0 Å². The number of aromatic nitrogens is 1. The highest BCUT2D eigenvalue weighted by Gasteiger charge is 2.31. The molecule has 0 aliphatic carbocycles. The smallest absolute Gasteiger partial charge is 0.269 e. The largest absolute Gasteiger partial charge is 0.454 e. The van der Waals surface area contributed by atoms with Gasteiger partial charge in [0.25, 0.3) is 5.91 Å². The third-order valence-electron chi connectivity index (χ3n) is 3.56. The number of hydrogen-bond acceptors (Lipinski definition) is 7. The van der Waals surface area contributed by atoms with E-state index in [4.69, 9.17) is 10.5 Å². The van der Waals surface area contributed by atoms with Crippen molar-refractivity contribution in [2.24, 2.45) is 5.73 Å². The van der Waals surface area contributed by atoms with Gasteiger partial charge in [0.05, 0.1) is 12.2 Å². The van der Waals surface area contributed by atoms with Crippen molar-refractivity contribution in [3.63, 3.8) is 0 Å². The summed E-state index contributed by atoms with van der Waals surface area (Å²) in [4.78, 5) is 15.7. The van der Waals surface area contributed by atoms with Crippen LogP contribution in [0.25, 0.3) is 0 Å². The number of para-hydroxylation sites is 1. The number of benzene rings is 1. The lowest BCUT2D eigenvalue weighted by Gasteiger charge is -2.26. The number of carbonyl (C=O) groups is 1. The number of amides is 1. The Kier molecular flexibility index (Phi) is 3.99. The summed E-state index contributed by atoms with van der Waals surface area (Å²) in [5.74, 6) is -0.102. The molecule has 0 fully saturated rings. The maximum atomic E-state index is 11.8. The first kappa shape index (κ1) is 16.4. The Hall–Kier alpha value is -2.49. The lowest BCUT2D eigenvalue weighted by atomic mass is 10.0. The van der Waals surface area contributed by atoms with Crippen LogP contribution in [0.3, 0.4) is 0 Å². The highest BCUT2D eigenvalue weighted by molar-refractivity contribution is 7.90. The number of nitrogens with two attached hydrogens (primary N) is 1. The molecule has 3 N–H and O–H groups in total. The number of carbonyl (C=O) groups excluding carboxylic acids is 1. The van der Waals surface area contributed by atoms with Gasteiger partial charge in [-0.2, -0.15) is 5.06 Å². The molecule has 2 aromatic rings. The second-order valence-corrected chi connectivity index (χ2v) is 7.42. The molecule has 0 saturated heterocycles. The second-order valence-electron chi connectivity index (χ2n) is 5.44. The fourth-order valence-electron chi connectivity index (χ4n) is 2.43. The van der Waals surface area contributed by atoms with E-state index in [1.54, 1.807) is 18.2 Å². The zero-order valence-corrected chi connectivity index (χ0v) is 13.5. The molecular formula is C15H15N3O5S. The van der Waals surface area contributed by atoms with Gasteiger partial charge in [-0.25, -0.2) is 13.4 Å². The molecule has 0 unspecified atom stereocenters. The number of hydroxylamine groups is 1. The lowest BCUT2D eigenvalue weighted by Crippen LogP contribution is -2.47. The number of fused-ring (bicyclic) bond motifs is 1. The Morgan fingerprint density at radius 1 is 1.38 bits per heavy atom. The summed E-state index contributed by atoms with van der Waals surface area (Å²) in [5.41, 5.74) is 6.20. The van der Waals surface area contributed by atoms with Gasteiger partial charge in [0.1, 0.15) is 16.4 Å². The first-order chi connectivity index (χ1) is 11.3. The number of rotatable bonds is 3. The van der Waals surface area contributed by atoms with E-state index in [1.807, 2.05) is 0 Å². The topological polar surface area (TPSA) is 123 Å². The Morgan fingerprint density at radius 2 is 2.08 bits per heavy atom. The van der Waals surface area contributed by atoms with Gasteiger partial charge < -0.3 is 10.5 Å². The molecule has 1 aromatic carbocycles. The van der Waals surface area contributed by atoms with Gasteiger partial charge in [0, 0.05) is 18.2 Å². The van der Waals surface area contributed by atoms with Crippen LogP contribution in [-0.2, 0) is 21.1 Å². The summed E-state index contributed by atoms with van der Waals surface area (Å²) < 4.78 is 29.3. The Bertz CT molecular complexity index is 913. The van der Waals surface area contributed by atoms with E-state index < -0.39 is 21.8 Å². The van der Waals surface area contributed by atoms with E-state index in [2.05, 4.69) is 4.98 Å². The Morgan fingerprint density at radius 3 is 2.79 bits per heavy atom. The minimum Gasteiger partial charge on any atom is -0.454 e. The fourth-order valence-corrected chi connectivity index (χ4v) is 3.23. The van der Waals surface area contributed by atoms with E-state index in [0.717, 1.165) is 6.26 Å². The van der Waals surface area contributed by atoms with Gasteiger partial charge in [-0.1, -0.05) is 12.1 Å². The van der Waals surface area contributed by atoms with Crippen LogP contribution in [0.15, 0.2) is 41.4 Å². The summed E-state index contributed by atoms with van der Waals surface area (Å²) in [7, 11) is -3.45.